The lowest BCUT2D eigenvalue weighted by atomic mass is 9.61. The van der Waals surface area contributed by atoms with Crippen molar-refractivity contribution in [2.45, 2.75) is 92.0 Å². The first-order valence-corrected chi connectivity index (χ1v) is 17.6. The van der Waals surface area contributed by atoms with Crippen molar-refractivity contribution >= 4 is 42.5 Å². The second-order valence-corrected chi connectivity index (χ2v) is 15.5. The standard InChI is InChI=1S/C41H47N2S/c1-9-40(7)32-19-13-11-17-29(32)39-42(33-20-14-15-21-34(33)43(39)41(40,8)10-2)38-28(23-26(3)4)25-36-37(31(38)24-27(5)6)30-18-12-16-22-35(30)44-36/h11-22,25-27H,9-10,23-24H2,1-8H3/q+1. The lowest BCUT2D eigenvalue weighted by Crippen LogP contribution is -2.67. The van der Waals surface area contributed by atoms with Crippen molar-refractivity contribution in [2.75, 3.05) is 0 Å². The molecule has 44 heavy (non-hydrogen) atoms. The van der Waals surface area contributed by atoms with E-state index in [1.54, 1.807) is 0 Å². The summed E-state index contributed by atoms with van der Waals surface area (Å²) < 4.78 is 8.27. The third-order valence-electron chi connectivity index (χ3n) is 10.9. The predicted molar refractivity (Wildman–Crippen MR) is 190 cm³/mol. The van der Waals surface area contributed by atoms with Crippen LogP contribution >= 0.6 is 11.3 Å². The Hall–Kier alpha value is -3.43. The van der Waals surface area contributed by atoms with Crippen LogP contribution in [0.1, 0.15) is 84.9 Å². The minimum absolute atomic E-state index is 0.00000489. The third kappa shape index (κ3) is 4.01. The third-order valence-corrected chi connectivity index (χ3v) is 12.0. The zero-order valence-corrected chi connectivity index (χ0v) is 28.6. The van der Waals surface area contributed by atoms with E-state index in [1.165, 1.54) is 65.0 Å². The molecule has 0 saturated heterocycles. The van der Waals surface area contributed by atoms with Crippen molar-refractivity contribution in [1.29, 1.82) is 0 Å². The fourth-order valence-corrected chi connectivity index (χ4v) is 9.65. The van der Waals surface area contributed by atoms with Gasteiger partial charge in [0.25, 0.3) is 5.82 Å². The summed E-state index contributed by atoms with van der Waals surface area (Å²) in [5.41, 5.74) is 9.81. The van der Waals surface area contributed by atoms with Gasteiger partial charge in [-0.3, -0.25) is 0 Å². The van der Waals surface area contributed by atoms with Crippen LogP contribution in [0.3, 0.4) is 0 Å². The molecule has 3 heteroatoms. The Bertz CT molecular complexity index is 2040. The van der Waals surface area contributed by atoms with E-state index in [4.69, 9.17) is 0 Å². The summed E-state index contributed by atoms with van der Waals surface area (Å²) in [6.45, 7) is 19.3. The maximum Gasteiger partial charge on any atom is 0.295 e. The van der Waals surface area contributed by atoms with E-state index in [2.05, 4.69) is 143 Å². The molecular formula is C41H47N2S+. The molecule has 3 heterocycles. The summed E-state index contributed by atoms with van der Waals surface area (Å²) in [4.78, 5) is 0. The van der Waals surface area contributed by atoms with Gasteiger partial charge < -0.3 is 0 Å². The molecule has 0 amide bonds. The predicted octanol–water partition coefficient (Wildman–Crippen LogP) is 11.2. The van der Waals surface area contributed by atoms with E-state index in [0.29, 0.717) is 11.8 Å². The van der Waals surface area contributed by atoms with Crippen LogP contribution in [-0.2, 0) is 23.8 Å². The number of benzene rings is 4. The minimum atomic E-state index is -0.0914. The van der Waals surface area contributed by atoms with Gasteiger partial charge in [0.2, 0.25) is 0 Å². The summed E-state index contributed by atoms with van der Waals surface area (Å²) in [5.74, 6) is 2.42. The smallest absolute Gasteiger partial charge is 0.216 e. The molecule has 226 valence electrons. The molecule has 2 atom stereocenters. The summed E-state index contributed by atoms with van der Waals surface area (Å²) in [6, 6.07) is 30.1. The Balaban J connectivity index is 1.74. The molecular weight excluding hydrogens is 553 g/mol. The number of fused-ring (bicyclic) bond motifs is 8. The highest BCUT2D eigenvalue weighted by molar-refractivity contribution is 7.25. The second kappa shape index (κ2) is 10.6. The van der Waals surface area contributed by atoms with Crippen molar-refractivity contribution in [2.24, 2.45) is 11.8 Å². The highest BCUT2D eigenvalue weighted by Crippen LogP contribution is 2.52. The van der Waals surface area contributed by atoms with Gasteiger partial charge in [-0.2, -0.15) is 4.57 Å². The topological polar surface area (TPSA) is 8.81 Å². The number of hydrogen-bond acceptors (Lipinski definition) is 1. The zero-order valence-electron chi connectivity index (χ0n) is 27.8. The van der Waals surface area contributed by atoms with Gasteiger partial charge in [-0.15, -0.1) is 11.3 Å². The van der Waals surface area contributed by atoms with Crippen LogP contribution in [0.15, 0.2) is 78.9 Å². The summed E-state index contributed by atoms with van der Waals surface area (Å²) >= 11 is 1.96. The molecule has 0 bridgehead atoms. The molecule has 0 saturated carbocycles. The number of imidazole rings is 1. The average Bonchev–Trinajstić information content (AvgIpc) is 3.55. The van der Waals surface area contributed by atoms with Gasteiger partial charge in [0.1, 0.15) is 11.2 Å². The van der Waals surface area contributed by atoms with Gasteiger partial charge in [0.15, 0.2) is 11.0 Å². The number of hydrogen-bond donors (Lipinski definition) is 0. The molecule has 2 nitrogen and oxygen atoms in total. The first kappa shape index (κ1) is 29.3. The molecule has 0 spiro atoms. The number of aromatic nitrogens is 2. The molecule has 4 aromatic carbocycles. The van der Waals surface area contributed by atoms with Crippen molar-refractivity contribution in [3.8, 4) is 17.1 Å². The fourth-order valence-electron chi connectivity index (χ4n) is 8.45. The Morgan fingerprint density at radius 3 is 2.18 bits per heavy atom. The van der Waals surface area contributed by atoms with Crippen molar-refractivity contribution in [3.05, 3.63) is 95.6 Å². The molecule has 2 unspecified atom stereocenters. The van der Waals surface area contributed by atoms with Crippen molar-refractivity contribution in [3.63, 3.8) is 0 Å². The van der Waals surface area contributed by atoms with Crippen LogP contribution < -0.4 is 4.57 Å². The van der Waals surface area contributed by atoms with Gasteiger partial charge in [-0.1, -0.05) is 97.0 Å². The Morgan fingerprint density at radius 2 is 1.45 bits per heavy atom. The molecule has 2 aromatic heterocycles. The SMILES string of the molecule is CCC1(C)c2ccccc2-c2n(-c3c(CC(C)C)cc4sc5ccccc5c4c3CC(C)C)c3ccccc3[n+]2C1(C)CC. The van der Waals surface area contributed by atoms with Crippen LogP contribution in [0, 0.1) is 11.8 Å². The number of nitrogens with zero attached hydrogens (tertiary/aromatic N) is 2. The monoisotopic (exact) mass is 599 g/mol. The molecule has 0 fully saturated rings. The van der Waals surface area contributed by atoms with Gasteiger partial charge >= 0.3 is 0 Å². The highest BCUT2D eigenvalue weighted by atomic mass is 32.1. The van der Waals surface area contributed by atoms with E-state index in [-0.39, 0.29) is 11.0 Å². The quantitative estimate of drug-likeness (QED) is 0.161. The van der Waals surface area contributed by atoms with E-state index >= 15 is 0 Å². The Morgan fingerprint density at radius 1 is 0.773 bits per heavy atom. The molecule has 1 aliphatic heterocycles. The van der Waals surface area contributed by atoms with Crippen LogP contribution in [0.4, 0.5) is 0 Å². The van der Waals surface area contributed by atoms with Gasteiger partial charge in [0.05, 0.1) is 5.56 Å². The summed E-state index contributed by atoms with van der Waals surface area (Å²) in [7, 11) is 0. The first-order valence-electron chi connectivity index (χ1n) is 16.8. The fraction of sp³-hybridized carbons (Fsp3) is 0.390. The maximum atomic E-state index is 2.75. The largest absolute Gasteiger partial charge is 0.295 e. The average molecular weight is 600 g/mol. The second-order valence-electron chi connectivity index (χ2n) is 14.4. The number of para-hydroxylation sites is 2. The number of thiophene rings is 1. The molecule has 7 rings (SSSR count). The van der Waals surface area contributed by atoms with E-state index in [9.17, 15) is 0 Å². The first-order chi connectivity index (χ1) is 21.1. The van der Waals surface area contributed by atoms with Crippen LogP contribution in [0.2, 0.25) is 0 Å². The van der Waals surface area contributed by atoms with Crippen LogP contribution in [-0.4, -0.2) is 4.57 Å². The minimum Gasteiger partial charge on any atom is -0.216 e. The summed E-state index contributed by atoms with van der Waals surface area (Å²) in [6.07, 6.45) is 4.24. The zero-order chi connectivity index (χ0) is 31.0. The van der Waals surface area contributed by atoms with E-state index < -0.39 is 0 Å². The van der Waals surface area contributed by atoms with Crippen molar-refractivity contribution in [1.82, 2.24) is 4.57 Å². The van der Waals surface area contributed by atoms with Crippen molar-refractivity contribution < 1.29 is 4.57 Å². The van der Waals surface area contributed by atoms with Crippen LogP contribution in [0.5, 0.6) is 0 Å². The van der Waals surface area contributed by atoms with E-state index in [0.717, 1.165) is 25.7 Å². The lowest BCUT2D eigenvalue weighted by molar-refractivity contribution is -0.743. The van der Waals surface area contributed by atoms with Gasteiger partial charge in [-0.25, -0.2) is 4.57 Å². The molecule has 0 aliphatic carbocycles. The Labute approximate surface area is 267 Å². The Kier molecular flexibility index (Phi) is 7.05. The molecule has 6 aromatic rings. The van der Waals surface area contributed by atoms with Gasteiger partial charge in [-0.05, 0) is 80.3 Å². The molecule has 1 aliphatic rings. The normalized spacial score (nSPS) is 19.9. The molecule has 0 radical (unpaired) electrons. The van der Waals surface area contributed by atoms with Crippen LogP contribution in [0.25, 0.3) is 48.3 Å². The highest BCUT2D eigenvalue weighted by Gasteiger charge is 2.56. The van der Waals surface area contributed by atoms with Gasteiger partial charge in [0, 0.05) is 36.7 Å². The van der Waals surface area contributed by atoms with E-state index in [1.807, 2.05) is 11.3 Å². The maximum absolute atomic E-state index is 2.75. The number of rotatable bonds is 7. The lowest BCUT2D eigenvalue weighted by Gasteiger charge is -2.47. The molecule has 0 N–H and O–H groups in total. The summed E-state index contributed by atoms with van der Waals surface area (Å²) in [5, 5.41) is 2.86.